The van der Waals surface area contributed by atoms with Crippen LogP contribution < -0.4 is 0 Å². The topological polar surface area (TPSA) is 26.8 Å². The Bertz CT molecular complexity index is 1080. The van der Waals surface area contributed by atoms with E-state index in [9.17, 15) is 4.79 Å². The molecule has 1 heterocycles. The first-order valence-corrected chi connectivity index (χ1v) is 13.0. The molecule has 184 valence electrons. The van der Waals surface area contributed by atoms with Gasteiger partial charge in [-0.3, -0.25) is 14.6 Å². The van der Waals surface area contributed by atoms with Gasteiger partial charge in [0.1, 0.15) is 0 Å². The summed E-state index contributed by atoms with van der Waals surface area (Å²) >= 11 is 0. The summed E-state index contributed by atoms with van der Waals surface area (Å²) in [7, 11) is 0. The van der Waals surface area contributed by atoms with Gasteiger partial charge >= 0.3 is 0 Å². The van der Waals surface area contributed by atoms with E-state index >= 15 is 0 Å². The zero-order valence-corrected chi connectivity index (χ0v) is 21.6. The molecule has 3 atom stereocenters. The molecule has 4 heteroatoms. The number of nitrogens with zero attached hydrogens (tertiary/aromatic N) is 3. The fraction of sp³-hybridized carbons (Fsp3) is 0.387. The summed E-state index contributed by atoms with van der Waals surface area (Å²) in [5.74, 6) is 0.120. The van der Waals surface area contributed by atoms with Crippen molar-refractivity contribution in [1.29, 1.82) is 0 Å². The molecule has 1 amide bonds. The van der Waals surface area contributed by atoms with E-state index in [0.29, 0.717) is 25.2 Å². The van der Waals surface area contributed by atoms with Crippen LogP contribution in [0.1, 0.15) is 60.8 Å². The van der Waals surface area contributed by atoms with Gasteiger partial charge in [-0.05, 0) is 50.5 Å². The number of amides is 1. The smallest absolute Gasteiger partial charge is 0.254 e. The fourth-order valence-electron chi connectivity index (χ4n) is 5.42. The van der Waals surface area contributed by atoms with Crippen molar-refractivity contribution in [2.24, 2.45) is 0 Å². The highest BCUT2D eigenvalue weighted by Crippen LogP contribution is 2.35. The molecule has 0 aliphatic carbocycles. The van der Waals surface area contributed by atoms with E-state index in [1.54, 1.807) is 0 Å². The number of carbonyl (C=O) groups excluding carboxylic acids is 1. The summed E-state index contributed by atoms with van der Waals surface area (Å²) < 4.78 is 0. The molecule has 0 radical (unpaired) electrons. The number of carbonyl (C=O) groups is 1. The highest BCUT2D eigenvalue weighted by atomic mass is 16.2. The highest BCUT2D eigenvalue weighted by molar-refractivity contribution is 5.96. The molecule has 1 saturated heterocycles. The second-order valence-corrected chi connectivity index (χ2v) is 9.69. The van der Waals surface area contributed by atoms with Crippen molar-refractivity contribution in [2.45, 2.75) is 52.4 Å². The summed E-state index contributed by atoms with van der Waals surface area (Å²) in [5.41, 5.74) is 4.51. The summed E-state index contributed by atoms with van der Waals surface area (Å²) in [5, 5.41) is 0. The molecule has 1 aliphatic heterocycles. The number of hydrogen-bond acceptors (Lipinski definition) is 3. The lowest BCUT2D eigenvalue weighted by Gasteiger charge is -2.48. The van der Waals surface area contributed by atoms with E-state index in [4.69, 9.17) is 0 Å². The Kier molecular flexibility index (Phi) is 8.37. The van der Waals surface area contributed by atoms with Crippen LogP contribution in [-0.2, 0) is 6.54 Å². The van der Waals surface area contributed by atoms with Gasteiger partial charge in [-0.15, -0.1) is 0 Å². The largest absolute Gasteiger partial charge is 0.339 e. The van der Waals surface area contributed by atoms with E-state index in [1.165, 1.54) is 11.1 Å². The molecular formula is C31H39N3O. The zero-order chi connectivity index (χ0) is 24.8. The van der Waals surface area contributed by atoms with Gasteiger partial charge < -0.3 is 4.90 Å². The first kappa shape index (κ1) is 25.2. The van der Waals surface area contributed by atoms with Gasteiger partial charge in [0.15, 0.2) is 0 Å². The molecule has 4 nitrogen and oxygen atoms in total. The van der Waals surface area contributed by atoms with Gasteiger partial charge in [0.05, 0.1) is 6.04 Å². The third-order valence-electron chi connectivity index (χ3n) is 7.38. The van der Waals surface area contributed by atoms with Crippen LogP contribution in [0.2, 0.25) is 0 Å². The van der Waals surface area contributed by atoms with Gasteiger partial charge in [0.25, 0.3) is 5.91 Å². The Morgan fingerprint density at radius 1 is 0.829 bits per heavy atom. The molecule has 3 aromatic rings. The van der Waals surface area contributed by atoms with Gasteiger partial charge in [0, 0.05) is 50.4 Å². The number of rotatable bonds is 8. The van der Waals surface area contributed by atoms with Gasteiger partial charge in [-0.25, -0.2) is 0 Å². The van der Waals surface area contributed by atoms with Crippen LogP contribution in [0, 0.1) is 0 Å². The van der Waals surface area contributed by atoms with Crippen molar-refractivity contribution in [1.82, 2.24) is 14.7 Å². The molecule has 0 bridgehead atoms. The molecule has 0 spiro atoms. The number of piperazine rings is 1. The quantitative estimate of drug-likeness (QED) is 0.414. The summed E-state index contributed by atoms with van der Waals surface area (Å²) in [4.78, 5) is 20.7. The molecule has 0 unspecified atom stereocenters. The van der Waals surface area contributed by atoms with E-state index in [2.05, 4.69) is 110 Å². The van der Waals surface area contributed by atoms with Gasteiger partial charge in [-0.2, -0.15) is 0 Å². The standard InChI is InChI=1S/C31H39N3O/c1-5-32(6-2)31(35)29-20-14-13-19-28(29)30(27-17-11-8-12-18-27)34-22-24(3)33(21-25(34)4)23-26-15-9-7-10-16-26/h7-20,24-25,30H,5-6,21-23H2,1-4H3/t24-,25+,30+/m1/s1. The number of benzene rings is 3. The van der Waals surface area contributed by atoms with Crippen molar-refractivity contribution in [2.75, 3.05) is 26.2 Å². The lowest BCUT2D eigenvalue weighted by Crippen LogP contribution is -2.57. The van der Waals surface area contributed by atoms with Crippen LogP contribution in [0.4, 0.5) is 0 Å². The minimum Gasteiger partial charge on any atom is -0.339 e. The Labute approximate surface area is 211 Å². The molecule has 0 aromatic heterocycles. The Balaban J connectivity index is 1.69. The first-order valence-electron chi connectivity index (χ1n) is 13.0. The molecule has 35 heavy (non-hydrogen) atoms. The second-order valence-electron chi connectivity index (χ2n) is 9.69. The van der Waals surface area contributed by atoms with E-state index < -0.39 is 0 Å². The molecular weight excluding hydrogens is 430 g/mol. The van der Waals surface area contributed by atoms with Crippen LogP contribution in [0.15, 0.2) is 84.9 Å². The van der Waals surface area contributed by atoms with Crippen LogP contribution >= 0.6 is 0 Å². The molecule has 1 fully saturated rings. The van der Waals surface area contributed by atoms with Crippen LogP contribution in [0.3, 0.4) is 0 Å². The summed E-state index contributed by atoms with van der Waals surface area (Å²) in [6.07, 6.45) is 0. The van der Waals surface area contributed by atoms with E-state index in [-0.39, 0.29) is 11.9 Å². The molecule has 1 aliphatic rings. The van der Waals surface area contributed by atoms with Crippen LogP contribution in [0.25, 0.3) is 0 Å². The Morgan fingerprint density at radius 2 is 1.43 bits per heavy atom. The average Bonchev–Trinajstić information content (AvgIpc) is 2.89. The third kappa shape index (κ3) is 5.66. The van der Waals surface area contributed by atoms with Crippen molar-refractivity contribution >= 4 is 5.91 Å². The molecule has 0 N–H and O–H groups in total. The minimum absolute atomic E-state index is 0.0308. The third-order valence-corrected chi connectivity index (χ3v) is 7.38. The van der Waals surface area contributed by atoms with Crippen molar-refractivity contribution in [3.05, 3.63) is 107 Å². The molecule has 3 aromatic carbocycles. The SMILES string of the molecule is CCN(CC)C(=O)c1ccccc1[C@H](c1ccccc1)N1C[C@@H](C)N(Cc2ccccc2)C[C@@H]1C. The number of hydrogen-bond donors (Lipinski definition) is 0. The van der Waals surface area contributed by atoms with Crippen molar-refractivity contribution in [3.63, 3.8) is 0 Å². The van der Waals surface area contributed by atoms with Gasteiger partial charge in [0.2, 0.25) is 0 Å². The average molecular weight is 470 g/mol. The van der Waals surface area contributed by atoms with Crippen molar-refractivity contribution < 1.29 is 4.79 Å². The zero-order valence-electron chi connectivity index (χ0n) is 21.6. The molecule has 4 rings (SSSR count). The first-order chi connectivity index (χ1) is 17.0. The predicted octanol–water partition coefficient (Wildman–Crippen LogP) is 5.85. The van der Waals surface area contributed by atoms with E-state index in [1.807, 2.05) is 17.0 Å². The maximum absolute atomic E-state index is 13.5. The Hall–Kier alpha value is -2.95. The normalized spacial score (nSPS) is 19.9. The predicted molar refractivity (Wildman–Crippen MR) is 144 cm³/mol. The highest BCUT2D eigenvalue weighted by Gasteiger charge is 2.36. The second kappa shape index (κ2) is 11.7. The van der Waals surface area contributed by atoms with Crippen LogP contribution in [-0.4, -0.2) is 58.9 Å². The maximum atomic E-state index is 13.5. The van der Waals surface area contributed by atoms with Crippen molar-refractivity contribution in [3.8, 4) is 0 Å². The lowest BCUT2D eigenvalue weighted by atomic mass is 9.90. The monoisotopic (exact) mass is 469 g/mol. The van der Waals surface area contributed by atoms with E-state index in [0.717, 1.165) is 30.8 Å². The van der Waals surface area contributed by atoms with Gasteiger partial charge in [-0.1, -0.05) is 78.9 Å². The fourth-order valence-corrected chi connectivity index (χ4v) is 5.42. The maximum Gasteiger partial charge on any atom is 0.254 e. The van der Waals surface area contributed by atoms with Crippen LogP contribution in [0.5, 0.6) is 0 Å². The minimum atomic E-state index is 0.0308. The molecule has 0 saturated carbocycles. The summed E-state index contributed by atoms with van der Waals surface area (Å²) in [6, 6.07) is 30.4. The summed E-state index contributed by atoms with van der Waals surface area (Å²) in [6.45, 7) is 13.1. The Morgan fingerprint density at radius 3 is 2.09 bits per heavy atom. The lowest BCUT2D eigenvalue weighted by molar-refractivity contribution is 0.0192.